The van der Waals surface area contributed by atoms with Crippen LogP contribution in [0, 0.1) is 10.8 Å². The first-order valence-corrected chi connectivity index (χ1v) is 9.26. The van der Waals surface area contributed by atoms with Crippen molar-refractivity contribution in [1.82, 2.24) is 4.98 Å². The van der Waals surface area contributed by atoms with Crippen LogP contribution in [0.1, 0.15) is 75.7 Å². The average molecular weight is 346 g/mol. The molecule has 1 heteroatoms. The minimum Gasteiger partial charge on any atom is -0.265 e. The van der Waals surface area contributed by atoms with Gasteiger partial charge in [-0.3, -0.25) is 4.98 Å². The van der Waals surface area contributed by atoms with E-state index in [0.29, 0.717) is 10.8 Å². The Morgan fingerprint density at radius 3 is 0.720 bits per heavy atom. The molecular formula is C24H43N. The van der Waals surface area contributed by atoms with E-state index in [4.69, 9.17) is 0 Å². The summed E-state index contributed by atoms with van der Waals surface area (Å²) in [6, 6.07) is 17.7. The second-order valence-corrected chi connectivity index (χ2v) is 8.89. The lowest BCUT2D eigenvalue weighted by Gasteiger charge is -2.05. The van der Waals surface area contributed by atoms with Crippen LogP contribution in [0.4, 0.5) is 0 Å². The maximum atomic E-state index is 3.78. The standard InChI is InChI=1S/C6H6.C5H5N.2C5H12.C3H8/c2*1-2-4-6-5-3-1;2*1-5(2,3)4;1-3-2/h1-6H;1-5H;2*1-4H3;3H2,1-2H3. The maximum absolute atomic E-state index is 3.78. The number of rotatable bonds is 0. The van der Waals surface area contributed by atoms with Gasteiger partial charge in [-0.2, -0.15) is 0 Å². The van der Waals surface area contributed by atoms with Gasteiger partial charge in [0, 0.05) is 12.4 Å². The van der Waals surface area contributed by atoms with Crippen molar-refractivity contribution < 1.29 is 0 Å². The first-order valence-electron chi connectivity index (χ1n) is 9.26. The number of pyridine rings is 1. The van der Waals surface area contributed by atoms with Gasteiger partial charge in [0.05, 0.1) is 0 Å². The van der Waals surface area contributed by atoms with Crippen LogP contribution in [0.5, 0.6) is 0 Å². The van der Waals surface area contributed by atoms with E-state index in [1.54, 1.807) is 12.4 Å². The monoisotopic (exact) mass is 345 g/mol. The van der Waals surface area contributed by atoms with Crippen molar-refractivity contribution in [1.29, 1.82) is 0 Å². The Morgan fingerprint density at radius 1 is 0.480 bits per heavy atom. The van der Waals surface area contributed by atoms with E-state index in [9.17, 15) is 0 Å². The van der Waals surface area contributed by atoms with E-state index in [-0.39, 0.29) is 0 Å². The molecule has 1 aromatic carbocycles. The Balaban J connectivity index is -0.000000247. The molecule has 1 heterocycles. The van der Waals surface area contributed by atoms with E-state index in [0.717, 1.165) is 0 Å². The van der Waals surface area contributed by atoms with Gasteiger partial charge in [-0.1, -0.05) is 118 Å². The van der Waals surface area contributed by atoms with Gasteiger partial charge in [-0.25, -0.2) is 0 Å². The lowest BCUT2D eigenvalue weighted by atomic mass is 10.0. The van der Waals surface area contributed by atoms with Gasteiger partial charge in [0.25, 0.3) is 0 Å². The summed E-state index contributed by atoms with van der Waals surface area (Å²) in [6.45, 7) is 21.8. The van der Waals surface area contributed by atoms with Crippen molar-refractivity contribution in [2.75, 3.05) is 0 Å². The minimum atomic E-state index is 0.500. The largest absolute Gasteiger partial charge is 0.265 e. The minimum absolute atomic E-state index is 0.500. The Morgan fingerprint density at radius 2 is 0.640 bits per heavy atom. The molecule has 0 amide bonds. The summed E-state index contributed by atoms with van der Waals surface area (Å²) in [7, 11) is 0. The third-order valence-electron chi connectivity index (χ3n) is 1.23. The molecule has 0 aliphatic heterocycles. The van der Waals surface area contributed by atoms with Gasteiger partial charge in [-0.15, -0.1) is 0 Å². The van der Waals surface area contributed by atoms with Crippen molar-refractivity contribution >= 4 is 0 Å². The molecule has 144 valence electrons. The number of hydrogen-bond acceptors (Lipinski definition) is 1. The molecule has 0 saturated heterocycles. The van der Waals surface area contributed by atoms with Crippen LogP contribution in [0.3, 0.4) is 0 Å². The SMILES string of the molecule is CC(C)(C)C.CC(C)(C)C.CCC.c1ccccc1.c1ccncc1. The second-order valence-electron chi connectivity index (χ2n) is 8.89. The van der Waals surface area contributed by atoms with Gasteiger partial charge in [-0.05, 0) is 23.0 Å². The zero-order valence-electron chi connectivity index (χ0n) is 18.5. The smallest absolute Gasteiger partial charge is 0.0267 e. The van der Waals surface area contributed by atoms with Gasteiger partial charge in [0.15, 0.2) is 0 Å². The molecule has 0 aliphatic rings. The quantitative estimate of drug-likeness (QED) is 0.468. The van der Waals surface area contributed by atoms with Crippen LogP contribution < -0.4 is 0 Å². The average Bonchev–Trinajstić information content (AvgIpc) is 2.49. The van der Waals surface area contributed by atoms with E-state index in [1.807, 2.05) is 54.6 Å². The Bertz CT molecular complexity index is 312. The van der Waals surface area contributed by atoms with Crippen LogP contribution in [0.25, 0.3) is 0 Å². The highest BCUT2D eigenvalue weighted by Crippen LogP contribution is 2.08. The van der Waals surface area contributed by atoms with Crippen LogP contribution in [0.15, 0.2) is 67.0 Å². The summed E-state index contributed by atoms with van der Waals surface area (Å²) < 4.78 is 0. The van der Waals surface area contributed by atoms with Gasteiger partial charge in [0.1, 0.15) is 0 Å². The molecule has 0 spiro atoms. The first-order chi connectivity index (χ1) is 11.4. The summed E-state index contributed by atoms with van der Waals surface area (Å²) in [5.74, 6) is 0. The van der Waals surface area contributed by atoms with Gasteiger partial charge >= 0.3 is 0 Å². The molecular weight excluding hydrogens is 302 g/mol. The van der Waals surface area contributed by atoms with Crippen molar-refractivity contribution in [3.8, 4) is 0 Å². The highest BCUT2D eigenvalue weighted by atomic mass is 14.6. The molecule has 0 bridgehead atoms. The van der Waals surface area contributed by atoms with Gasteiger partial charge in [0.2, 0.25) is 0 Å². The van der Waals surface area contributed by atoms with Crippen molar-refractivity contribution in [3.05, 3.63) is 67.0 Å². The summed E-state index contributed by atoms with van der Waals surface area (Å²) in [4.78, 5) is 3.78. The molecule has 2 rings (SSSR count). The molecule has 0 atom stereocenters. The second kappa shape index (κ2) is 18.7. The van der Waals surface area contributed by atoms with E-state index >= 15 is 0 Å². The van der Waals surface area contributed by atoms with Crippen LogP contribution in [0.2, 0.25) is 0 Å². The number of nitrogens with zero attached hydrogens (tertiary/aromatic N) is 1. The molecule has 1 nitrogen and oxygen atoms in total. The Hall–Kier alpha value is -1.63. The van der Waals surface area contributed by atoms with E-state index in [1.165, 1.54) is 6.42 Å². The zero-order valence-corrected chi connectivity index (χ0v) is 18.5. The third-order valence-corrected chi connectivity index (χ3v) is 1.23. The number of hydrogen-bond donors (Lipinski definition) is 0. The molecule has 0 fully saturated rings. The molecule has 0 radical (unpaired) electrons. The number of benzene rings is 1. The summed E-state index contributed by atoms with van der Waals surface area (Å²) in [5.41, 5.74) is 1.00. The molecule has 25 heavy (non-hydrogen) atoms. The van der Waals surface area contributed by atoms with Crippen LogP contribution in [-0.2, 0) is 0 Å². The fourth-order valence-electron chi connectivity index (χ4n) is 0.698. The highest BCUT2D eigenvalue weighted by Gasteiger charge is 1.96. The lowest BCUT2D eigenvalue weighted by Crippen LogP contribution is -1.93. The van der Waals surface area contributed by atoms with Crippen molar-refractivity contribution in [2.45, 2.75) is 75.7 Å². The molecule has 0 aliphatic carbocycles. The number of aromatic nitrogens is 1. The van der Waals surface area contributed by atoms with Crippen molar-refractivity contribution in [2.24, 2.45) is 10.8 Å². The lowest BCUT2D eigenvalue weighted by molar-refractivity contribution is 0.469. The van der Waals surface area contributed by atoms with Crippen molar-refractivity contribution in [3.63, 3.8) is 0 Å². The molecule has 2 aromatic rings. The summed E-state index contributed by atoms with van der Waals surface area (Å²) in [5, 5.41) is 0. The molecule has 0 unspecified atom stereocenters. The Labute approximate surface area is 158 Å². The van der Waals surface area contributed by atoms with Gasteiger partial charge < -0.3 is 0 Å². The third kappa shape index (κ3) is 86.3. The topological polar surface area (TPSA) is 12.9 Å². The normalized spacial score (nSPS) is 9.36. The fraction of sp³-hybridized carbons (Fsp3) is 0.542. The van der Waals surface area contributed by atoms with Crippen LogP contribution >= 0.6 is 0 Å². The summed E-state index contributed by atoms with van der Waals surface area (Å²) >= 11 is 0. The van der Waals surface area contributed by atoms with E-state index < -0.39 is 0 Å². The zero-order chi connectivity index (χ0) is 20.2. The predicted molar refractivity (Wildman–Crippen MR) is 117 cm³/mol. The van der Waals surface area contributed by atoms with E-state index in [2.05, 4.69) is 74.2 Å². The fourth-order valence-corrected chi connectivity index (χ4v) is 0.698. The summed E-state index contributed by atoms with van der Waals surface area (Å²) in [6.07, 6.45) is 4.75. The van der Waals surface area contributed by atoms with Crippen LogP contribution in [-0.4, -0.2) is 4.98 Å². The molecule has 1 aromatic heterocycles. The molecule has 0 saturated carbocycles. The Kier molecular flexibility index (Phi) is 21.1. The first kappa shape index (κ1) is 28.2. The highest BCUT2D eigenvalue weighted by molar-refractivity contribution is 4.99. The molecule has 0 N–H and O–H groups in total. The predicted octanol–water partition coefficient (Wildman–Crippen LogP) is 8.29. The maximum Gasteiger partial charge on any atom is 0.0267 e.